The zero-order chi connectivity index (χ0) is 15.5. The molecule has 5 heteroatoms. The lowest BCUT2D eigenvalue weighted by molar-refractivity contribution is -0.137. The van der Waals surface area contributed by atoms with Crippen molar-refractivity contribution in [1.82, 2.24) is 10.6 Å². The lowest BCUT2D eigenvalue weighted by Crippen LogP contribution is -2.44. The van der Waals surface area contributed by atoms with E-state index in [1.165, 1.54) is 32.1 Å². The maximum atomic E-state index is 11.8. The van der Waals surface area contributed by atoms with Gasteiger partial charge in [-0.25, -0.2) is 4.79 Å². The van der Waals surface area contributed by atoms with Crippen LogP contribution >= 0.6 is 0 Å². The van der Waals surface area contributed by atoms with E-state index < -0.39 is 5.97 Å². The molecule has 1 rings (SSSR count). The molecule has 1 fully saturated rings. The Morgan fingerprint density at radius 2 is 1.76 bits per heavy atom. The van der Waals surface area contributed by atoms with Crippen LogP contribution in [-0.2, 0) is 4.79 Å². The SMILES string of the molecule is CC(NC(=O)NCCCCCCC(=O)O)C1CCCCC1. The number of unbranched alkanes of at least 4 members (excludes halogenated alkanes) is 3. The van der Waals surface area contributed by atoms with Crippen LogP contribution < -0.4 is 10.6 Å². The second-order valence-electron chi connectivity index (χ2n) is 6.14. The minimum absolute atomic E-state index is 0.0707. The fraction of sp³-hybridized carbons (Fsp3) is 0.875. The van der Waals surface area contributed by atoms with Crippen molar-refractivity contribution in [2.45, 2.75) is 77.2 Å². The van der Waals surface area contributed by atoms with Gasteiger partial charge in [0.25, 0.3) is 0 Å². The van der Waals surface area contributed by atoms with E-state index in [1.54, 1.807) is 0 Å². The van der Waals surface area contributed by atoms with Gasteiger partial charge >= 0.3 is 12.0 Å². The van der Waals surface area contributed by atoms with Gasteiger partial charge in [-0.2, -0.15) is 0 Å². The van der Waals surface area contributed by atoms with Crippen molar-refractivity contribution >= 4 is 12.0 Å². The summed E-state index contributed by atoms with van der Waals surface area (Å²) in [7, 11) is 0. The molecule has 5 nitrogen and oxygen atoms in total. The van der Waals surface area contributed by atoms with Crippen molar-refractivity contribution in [3.05, 3.63) is 0 Å². The molecule has 1 atom stereocenters. The number of hydrogen-bond acceptors (Lipinski definition) is 2. The highest BCUT2D eigenvalue weighted by Gasteiger charge is 2.21. The van der Waals surface area contributed by atoms with Gasteiger partial charge in [-0.3, -0.25) is 4.79 Å². The van der Waals surface area contributed by atoms with Crippen molar-refractivity contribution in [2.24, 2.45) is 5.92 Å². The van der Waals surface area contributed by atoms with Gasteiger partial charge in [-0.1, -0.05) is 32.1 Å². The van der Waals surface area contributed by atoms with Crippen LogP contribution in [-0.4, -0.2) is 29.7 Å². The summed E-state index contributed by atoms with van der Waals surface area (Å²) in [5, 5.41) is 14.4. The lowest BCUT2D eigenvalue weighted by Gasteiger charge is -2.28. The molecule has 0 aliphatic heterocycles. The number of carbonyl (C=O) groups is 2. The first-order chi connectivity index (χ1) is 10.1. The average molecular weight is 298 g/mol. The average Bonchev–Trinajstić information content (AvgIpc) is 2.46. The van der Waals surface area contributed by atoms with Crippen molar-refractivity contribution in [2.75, 3.05) is 6.54 Å². The Kier molecular flexibility index (Phi) is 8.87. The number of urea groups is 1. The molecule has 0 heterocycles. The summed E-state index contributed by atoms with van der Waals surface area (Å²) in [6.45, 7) is 2.76. The van der Waals surface area contributed by atoms with Crippen LogP contribution in [0.1, 0.15) is 71.1 Å². The van der Waals surface area contributed by atoms with Gasteiger partial charge in [0.2, 0.25) is 0 Å². The second kappa shape index (κ2) is 10.5. The number of carboxylic acids is 1. The number of rotatable bonds is 9. The highest BCUT2D eigenvalue weighted by molar-refractivity contribution is 5.74. The largest absolute Gasteiger partial charge is 0.481 e. The fourth-order valence-corrected chi connectivity index (χ4v) is 2.97. The smallest absolute Gasteiger partial charge is 0.315 e. The normalized spacial score (nSPS) is 17.2. The summed E-state index contributed by atoms with van der Waals surface area (Å²) < 4.78 is 0. The van der Waals surface area contributed by atoms with Crippen molar-refractivity contribution < 1.29 is 14.7 Å². The van der Waals surface area contributed by atoms with Crippen molar-refractivity contribution in [3.63, 3.8) is 0 Å². The molecular weight excluding hydrogens is 268 g/mol. The van der Waals surface area contributed by atoms with Crippen LogP contribution in [0.4, 0.5) is 4.79 Å². The molecule has 0 aromatic heterocycles. The van der Waals surface area contributed by atoms with Crippen LogP contribution in [0, 0.1) is 5.92 Å². The summed E-state index contributed by atoms with van der Waals surface area (Å²) >= 11 is 0. The molecule has 2 amide bonds. The van der Waals surface area contributed by atoms with E-state index in [0.717, 1.165) is 25.7 Å². The molecular formula is C16H30N2O3. The predicted molar refractivity (Wildman–Crippen MR) is 83.3 cm³/mol. The van der Waals surface area contributed by atoms with E-state index in [-0.39, 0.29) is 18.5 Å². The van der Waals surface area contributed by atoms with Crippen LogP contribution in [0.3, 0.4) is 0 Å². The molecule has 21 heavy (non-hydrogen) atoms. The van der Waals surface area contributed by atoms with Gasteiger partial charge in [0.05, 0.1) is 0 Å². The van der Waals surface area contributed by atoms with E-state index >= 15 is 0 Å². The Morgan fingerprint density at radius 3 is 2.43 bits per heavy atom. The molecule has 0 spiro atoms. The molecule has 1 saturated carbocycles. The standard InChI is InChI=1S/C16H30N2O3/c1-13(14-9-5-4-6-10-14)18-16(21)17-12-8-3-2-7-11-15(19)20/h13-14H,2-12H2,1H3,(H,19,20)(H2,17,18,21). The second-order valence-corrected chi connectivity index (χ2v) is 6.14. The third-order valence-electron chi connectivity index (χ3n) is 4.32. The molecule has 3 N–H and O–H groups in total. The number of amides is 2. The molecule has 0 aromatic carbocycles. The number of carboxylic acid groups (broad SMARTS) is 1. The highest BCUT2D eigenvalue weighted by atomic mass is 16.4. The Morgan fingerprint density at radius 1 is 1.10 bits per heavy atom. The number of carbonyl (C=O) groups excluding carboxylic acids is 1. The third-order valence-corrected chi connectivity index (χ3v) is 4.32. The van der Waals surface area contributed by atoms with E-state index in [4.69, 9.17) is 5.11 Å². The third kappa shape index (κ3) is 8.58. The summed E-state index contributed by atoms with van der Waals surface area (Å²) in [5.74, 6) is -0.107. The van der Waals surface area contributed by atoms with Crippen LogP contribution in [0.5, 0.6) is 0 Å². The monoisotopic (exact) mass is 298 g/mol. The van der Waals surface area contributed by atoms with Crippen molar-refractivity contribution in [1.29, 1.82) is 0 Å². The lowest BCUT2D eigenvalue weighted by atomic mass is 9.85. The maximum Gasteiger partial charge on any atom is 0.315 e. The van der Waals surface area contributed by atoms with Crippen LogP contribution in [0.15, 0.2) is 0 Å². The van der Waals surface area contributed by atoms with E-state index in [2.05, 4.69) is 17.6 Å². The quantitative estimate of drug-likeness (QED) is 0.571. The molecule has 0 bridgehead atoms. The van der Waals surface area contributed by atoms with Crippen LogP contribution in [0.2, 0.25) is 0 Å². The Hall–Kier alpha value is -1.26. The predicted octanol–water partition coefficient (Wildman–Crippen LogP) is 3.29. The molecule has 1 unspecified atom stereocenters. The topological polar surface area (TPSA) is 78.4 Å². The number of nitrogens with one attached hydrogen (secondary N) is 2. The summed E-state index contributed by atoms with van der Waals surface area (Å²) in [5.41, 5.74) is 0. The highest BCUT2D eigenvalue weighted by Crippen LogP contribution is 2.26. The minimum atomic E-state index is -0.732. The van der Waals surface area contributed by atoms with Crippen molar-refractivity contribution in [3.8, 4) is 0 Å². The molecule has 122 valence electrons. The van der Waals surface area contributed by atoms with Gasteiger partial charge in [-0.05, 0) is 38.5 Å². The number of aliphatic carboxylic acids is 1. The van der Waals surface area contributed by atoms with E-state index in [9.17, 15) is 9.59 Å². The first kappa shape index (κ1) is 17.8. The van der Waals surface area contributed by atoms with Gasteiger partial charge in [0.1, 0.15) is 0 Å². The van der Waals surface area contributed by atoms with E-state index in [0.29, 0.717) is 12.5 Å². The summed E-state index contributed by atoms with van der Waals surface area (Å²) in [6, 6.07) is 0.180. The van der Waals surface area contributed by atoms with E-state index in [1.807, 2.05) is 0 Å². The number of hydrogen-bond donors (Lipinski definition) is 3. The molecule has 0 saturated heterocycles. The summed E-state index contributed by atoms with van der Waals surface area (Å²) in [6.07, 6.45) is 10.1. The molecule has 0 radical (unpaired) electrons. The molecule has 1 aliphatic rings. The maximum absolute atomic E-state index is 11.8. The summed E-state index contributed by atoms with van der Waals surface area (Å²) in [4.78, 5) is 22.1. The van der Waals surface area contributed by atoms with Gasteiger partial charge in [0.15, 0.2) is 0 Å². The zero-order valence-corrected chi connectivity index (χ0v) is 13.2. The van der Waals surface area contributed by atoms with Gasteiger partial charge < -0.3 is 15.7 Å². The Bertz CT molecular complexity index is 315. The Balaban J connectivity index is 1.99. The first-order valence-electron chi connectivity index (χ1n) is 8.35. The fourth-order valence-electron chi connectivity index (χ4n) is 2.97. The molecule has 0 aromatic rings. The van der Waals surface area contributed by atoms with Gasteiger partial charge in [0, 0.05) is 19.0 Å². The Labute approximate surface area is 127 Å². The van der Waals surface area contributed by atoms with Crippen LogP contribution in [0.25, 0.3) is 0 Å². The molecule has 1 aliphatic carbocycles. The first-order valence-corrected chi connectivity index (χ1v) is 8.35. The minimum Gasteiger partial charge on any atom is -0.481 e. The zero-order valence-electron chi connectivity index (χ0n) is 13.2. The van der Waals surface area contributed by atoms with Gasteiger partial charge in [-0.15, -0.1) is 0 Å².